The zero-order valence-electron chi connectivity index (χ0n) is 7.67. The maximum Gasteiger partial charge on any atom is 0.323 e. The maximum absolute atomic E-state index is 11.1. The minimum Gasteiger partial charge on any atom is -0.345 e. The predicted molar refractivity (Wildman–Crippen MR) is 47.3 cm³/mol. The van der Waals surface area contributed by atoms with Crippen LogP contribution >= 0.6 is 0 Å². The summed E-state index contributed by atoms with van der Waals surface area (Å²) < 4.78 is 0. The van der Waals surface area contributed by atoms with E-state index >= 15 is 0 Å². The van der Waals surface area contributed by atoms with Gasteiger partial charge in [-0.1, -0.05) is 13.3 Å². The van der Waals surface area contributed by atoms with Gasteiger partial charge in [0.15, 0.2) is 0 Å². The first kappa shape index (κ1) is 9.98. The molecule has 1 aliphatic rings. The van der Waals surface area contributed by atoms with Crippen LogP contribution in [0.1, 0.15) is 26.2 Å². The fourth-order valence-corrected chi connectivity index (χ4v) is 1.66. The highest BCUT2D eigenvalue weighted by Crippen LogP contribution is 2.24. The zero-order valence-corrected chi connectivity index (χ0v) is 7.67. The minimum absolute atomic E-state index is 0.129. The monoisotopic (exact) mass is 185 g/mol. The first-order valence-corrected chi connectivity index (χ1v) is 4.46. The molecular formula is C8H15N3O2. The molecule has 13 heavy (non-hydrogen) atoms. The van der Waals surface area contributed by atoms with E-state index in [1.54, 1.807) is 5.43 Å². The summed E-state index contributed by atoms with van der Waals surface area (Å²) in [4.78, 5) is 21.8. The molecule has 0 radical (unpaired) electrons. The number of carbonyl (C=O) groups is 2. The van der Waals surface area contributed by atoms with E-state index in [0.29, 0.717) is 5.92 Å². The highest BCUT2D eigenvalue weighted by Gasteiger charge is 2.26. The second-order valence-corrected chi connectivity index (χ2v) is 3.46. The number of hydrogen-bond donors (Lipinski definition) is 3. The highest BCUT2D eigenvalue weighted by atomic mass is 16.2. The Balaban J connectivity index is 2.39. The van der Waals surface area contributed by atoms with Crippen molar-refractivity contribution in [2.75, 3.05) is 0 Å². The molecule has 1 fully saturated rings. The van der Waals surface area contributed by atoms with Crippen LogP contribution in [0, 0.1) is 5.92 Å². The Morgan fingerprint density at radius 2 is 2.00 bits per heavy atom. The number of nitrogens with two attached hydrogens (primary N) is 1. The van der Waals surface area contributed by atoms with Crippen molar-refractivity contribution in [1.82, 2.24) is 10.7 Å². The second kappa shape index (κ2) is 4.23. The van der Waals surface area contributed by atoms with Gasteiger partial charge in [-0.25, -0.2) is 5.84 Å². The summed E-state index contributed by atoms with van der Waals surface area (Å²) in [5, 5.41) is 2.65. The molecule has 4 N–H and O–H groups in total. The van der Waals surface area contributed by atoms with E-state index in [-0.39, 0.29) is 6.04 Å². The molecule has 2 atom stereocenters. The van der Waals surface area contributed by atoms with E-state index in [2.05, 4.69) is 12.2 Å². The molecule has 0 bridgehead atoms. The summed E-state index contributed by atoms with van der Waals surface area (Å²) >= 11 is 0. The minimum atomic E-state index is -0.779. The zero-order chi connectivity index (χ0) is 9.84. The van der Waals surface area contributed by atoms with Crippen molar-refractivity contribution in [3.8, 4) is 0 Å². The summed E-state index contributed by atoms with van der Waals surface area (Å²) in [7, 11) is 0. The van der Waals surface area contributed by atoms with E-state index in [9.17, 15) is 9.59 Å². The third-order valence-corrected chi connectivity index (χ3v) is 2.52. The lowest BCUT2D eigenvalue weighted by atomic mass is 10.1. The van der Waals surface area contributed by atoms with Gasteiger partial charge in [-0.05, 0) is 18.8 Å². The molecule has 0 spiro atoms. The number of hydrazine groups is 1. The summed E-state index contributed by atoms with van der Waals surface area (Å²) in [5.74, 6) is 3.86. The van der Waals surface area contributed by atoms with Crippen molar-refractivity contribution in [3.63, 3.8) is 0 Å². The Hall–Kier alpha value is -1.10. The van der Waals surface area contributed by atoms with Crippen molar-refractivity contribution in [2.24, 2.45) is 11.8 Å². The molecule has 2 unspecified atom stereocenters. The third-order valence-electron chi connectivity index (χ3n) is 2.52. The predicted octanol–water partition coefficient (Wildman–Crippen LogP) is -0.719. The van der Waals surface area contributed by atoms with Crippen LogP contribution in [0.2, 0.25) is 0 Å². The topological polar surface area (TPSA) is 84.2 Å². The average Bonchev–Trinajstić information content (AvgIpc) is 2.50. The lowest BCUT2D eigenvalue weighted by Gasteiger charge is -2.16. The first-order valence-electron chi connectivity index (χ1n) is 4.46. The Morgan fingerprint density at radius 3 is 2.46 bits per heavy atom. The molecule has 0 aromatic rings. The van der Waals surface area contributed by atoms with Gasteiger partial charge in [0.25, 0.3) is 0 Å². The van der Waals surface area contributed by atoms with Crippen molar-refractivity contribution < 1.29 is 9.59 Å². The van der Waals surface area contributed by atoms with E-state index in [1.807, 2.05) is 0 Å². The van der Waals surface area contributed by atoms with Crippen LogP contribution in [0.15, 0.2) is 0 Å². The van der Waals surface area contributed by atoms with E-state index < -0.39 is 11.8 Å². The van der Waals surface area contributed by atoms with Gasteiger partial charge in [-0.2, -0.15) is 0 Å². The molecule has 0 aromatic carbocycles. The SMILES string of the molecule is CC1CCCC1NC(=O)C(=O)NN. The number of amides is 2. The van der Waals surface area contributed by atoms with E-state index in [0.717, 1.165) is 19.3 Å². The van der Waals surface area contributed by atoms with Gasteiger partial charge in [0, 0.05) is 6.04 Å². The van der Waals surface area contributed by atoms with Gasteiger partial charge in [0.05, 0.1) is 0 Å². The lowest BCUT2D eigenvalue weighted by molar-refractivity contribution is -0.139. The Kier molecular flexibility index (Phi) is 3.25. The third kappa shape index (κ3) is 2.42. The van der Waals surface area contributed by atoms with Crippen LogP contribution in [0.4, 0.5) is 0 Å². The largest absolute Gasteiger partial charge is 0.345 e. The second-order valence-electron chi connectivity index (χ2n) is 3.46. The maximum atomic E-state index is 11.1. The average molecular weight is 185 g/mol. The molecule has 5 nitrogen and oxygen atoms in total. The molecule has 0 heterocycles. The highest BCUT2D eigenvalue weighted by molar-refractivity contribution is 6.34. The normalized spacial score (nSPS) is 26.9. The van der Waals surface area contributed by atoms with Gasteiger partial charge < -0.3 is 5.32 Å². The number of carbonyl (C=O) groups excluding carboxylic acids is 2. The summed E-state index contributed by atoms with van der Waals surface area (Å²) in [6, 6.07) is 0.129. The van der Waals surface area contributed by atoms with E-state index in [1.165, 1.54) is 0 Å². The van der Waals surface area contributed by atoms with Crippen LogP contribution in [-0.4, -0.2) is 17.9 Å². The van der Waals surface area contributed by atoms with Gasteiger partial charge in [0.1, 0.15) is 0 Å². The number of hydrogen-bond acceptors (Lipinski definition) is 3. The van der Waals surface area contributed by atoms with Gasteiger partial charge in [0.2, 0.25) is 0 Å². The van der Waals surface area contributed by atoms with Crippen molar-refractivity contribution in [3.05, 3.63) is 0 Å². The van der Waals surface area contributed by atoms with Crippen LogP contribution in [0.3, 0.4) is 0 Å². The molecule has 1 aliphatic carbocycles. The quantitative estimate of drug-likeness (QED) is 0.218. The molecule has 0 aliphatic heterocycles. The Morgan fingerprint density at radius 1 is 1.31 bits per heavy atom. The van der Waals surface area contributed by atoms with Gasteiger partial charge >= 0.3 is 11.8 Å². The molecular weight excluding hydrogens is 170 g/mol. The molecule has 5 heteroatoms. The Labute approximate surface area is 77.0 Å². The lowest BCUT2D eigenvalue weighted by Crippen LogP contribution is -2.47. The van der Waals surface area contributed by atoms with E-state index in [4.69, 9.17) is 5.84 Å². The summed E-state index contributed by atoms with van der Waals surface area (Å²) in [5.41, 5.74) is 1.80. The van der Waals surface area contributed by atoms with Crippen molar-refractivity contribution >= 4 is 11.8 Å². The standard InChI is InChI=1S/C8H15N3O2/c1-5-3-2-4-6(5)10-7(12)8(13)11-9/h5-6H,2-4,9H2,1H3,(H,10,12)(H,11,13). The smallest absolute Gasteiger partial charge is 0.323 e. The van der Waals surface area contributed by atoms with Gasteiger partial charge in [-0.3, -0.25) is 15.0 Å². The molecule has 1 saturated carbocycles. The molecule has 0 aromatic heterocycles. The Bertz CT molecular complexity index is 217. The fraction of sp³-hybridized carbons (Fsp3) is 0.750. The van der Waals surface area contributed by atoms with Crippen LogP contribution in [0.25, 0.3) is 0 Å². The van der Waals surface area contributed by atoms with Crippen molar-refractivity contribution in [2.45, 2.75) is 32.2 Å². The molecule has 0 saturated heterocycles. The van der Waals surface area contributed by atoms with Crippen molar-refractivity contribution in [1.29, 1.82) is 0 Å². The number of rotatable bonds is 1. The molecule has 2 amide bonds. The molecule has 74 valence electrons. The summed E-state index contributed by atoms with van der Waals surface area (Å²) in [6.07, 6.45) is 3.16. The molecule has 1 rings (SSSR count). The van der Waals surface area contributed by atoms with Crippen LogP contribution in [-0.2, 0) is 9.59 Å². The summed E-state index contributed by atoms with van der Waals surface area (Å²) in [6.45, 7) is 2.07. The van der Waals surface area contributed by atoms with Gasteiger partial charge in [-0.15, -0.1) is 0 Å². The first-order chi connectivity index (χ1) is 6.15. The van der Waals surface area contributed by atoms with Crippen LogP contribution < -0.4 is 16.6 Å². The fourth-order valence-electron chi connectivity index (χ4n) is 1.66. The number of nitrogens with one attached hydrogen (secondary N) is 2. The van der Waals surface area contributed by atoms with Crippen LogP contribution in [0.5, 0.6) is 0 Å².